The summed E-state index contributed by atoms with van der Waals surface area (Å²) < 4.78 is 38.8. The zero-order valence-corrected chi connectivity index (χ0v) is 12.3. The number of piperidine rings is 1. The molecule has 2 heterocycles. The molecule has 0 radical (unpaired) electrons. The van der Waals surface area contributed by atoms with Gasteiger partial charge in [0.1, 0.15) is 0 Å². The first kappa shape index (κ1) is 17.1. The summed E-state index contributed by atoms with van der Waals surface area (Å²) in [6.07, 6.45) is -2.18. The third kappa shape index (κ3) is 3.73. The summed E-state index contributed by atoms with van der Waals surface area (Å²) in [6, 6.07) is 2.04. The molecular weight excluding hydrogens is 313 g/mol. The molecular formula is C13H17F3N6O. The second kappa shape index (κ2) is 6.08. The lowest BCUT2D eigenvalue weighted by molar-refractivity contribution is -0.150. The maximum absolute atomic E-state index is 12.5. The molecule has 0 spiro atoms. The van der Waals surface area contributed by atoms with Gasteiger partial charge >= 0.3 is 6.18 Å². The number of carbonyl (C=O) groups excluding carboxylic acids is 1. The molecule has 0 aromatic carbocycles. The Hall–Kier alpha value is -2.28. The third-order valence-electron chi connectivity index (χ3n) is 4.06. The number of nitriles is 1. The molecule has 1 aromatic rings. The molecule has 126 valence electrons. The number of hydrogen-bond donors (Lipinski definition) is 2. The van der Waals surface area contributed by atoms with Crippen LogP contribution in [0.2, 0.25) is 0 Å². The Bertz CT molecular complexity index is 625. The van der Waals surface area contributed by atoms with Crippen molar-refractivity contribution in [2.45, 2.75) is 31.0 Å². The van der Waals surface area contributed by atoms with E-state index in [2.05, 4.69) is 5.10 Å². The number of aromatic nitrogens is 2. The van der Waals surface area contributed by atoms with Crippen molar-refractivity contribution in [3.63, 3.8) is 0 Å². The van der Waals surface area contributed by atoms with Crippen LogP contribution >= 0.6 is 0 Å². The van der Waals surface area contributed by atoms with Crippen LogP contribution in [-0.4, -0.2) is 46.4 Å². The molecule has 2 rings (SSSR count). The van der Waals surface area contributed by atoms with Gasteiger partial charge in [-0.05, 0) is 12.8 Å². The van der Waals surface area contributed by atoms with E-state index in [1.807, 2.05) is 6.07 Å². The second-order valence-corrected chi connectivity index (χ2v) is 5.69. The number of rotatable bonds is 4. The zero-order chi connectivity index (χ0) is 17.3. The van der Waals surface area contributed by atoms with Gasteiger partial charge in [-0.2, -0.15) is 23.5 Å². The van der Waals surface area contributed by atoms with Crippen LogP contribution in [0.25, 0.3) is 0 Å². The van der Waals surface area contributed by atoms with Crippen molar-refractivity contribution in [3.8, 4) is 6.07 Å². The summed E-state index contributed by atoms with van der Waals surface area (Å²) in [5.74, 6) is -0.789. The molecule has 23 heavy (non-hydrogen) atoms. The van der Waals surface area contributed by atoms with Crippen molar-refractivity contribution in [2.75, 3.05) is 25.4 Å². The highest BCUT2D eigenvalue weighted by molar-refractivity contribution is 5.95. The van der Waals surface area contributed by atoms with E-state index in [9.17, 15) is 18.0 Å². The van der Waals surface area contributed by atoms with Crippen molar-refractivity contribution < 1.29 is 18.0 Å². The van der Waals surface area contributed by atoms with Crippen molar-refractivity contribution >= 4 is 11.6 Å². The maximum Gasteiger partial charge on any atom is 0.401 e. The van der Waals surface area contributed by atoms with Crippen LogP contribution in [0.1, 0.15) is 29.8 Å². The SMILES string of the molecule is N#CCC1(n2cc(N)c(C(N)=O)n2)CCN(CC(F)(F)F)CC1. The van der Waals surface area contributed by atoms with E-state index < -0.39 is 24.2 Å². The summed E-state index contributed by atoms with van der Waals surface area (Å²) in [7, 11) is 0. The topological polar surface area (TPSA) is 114 Å². The first-order valence-electron chi connectivity index (χ1n) is 6.98. The Morgan fingerprint density at radius 2 is 2.04 bits per heavy atom. The number of nitrogens with two attached hydrogens (primary N) is 2. The highest BCUT2D eigenvalue weighted by Crippen LogP contribution is 2.35. The lowest BCUT2D eigenvalue weighted by Crippen LogP contribution is -2.48. The summed E-state index contributed by atoms with van der Waals surface area (Å²) in [5, 5.41) is 13.1. The number of primary amides is 1. The van der Waals surface area contributed by atoms with Gasteiger partial charge in [-0.15, -0.1) is 0 Å². The van der Waals surface area contributed by atoms with Gasteiger partial charge in [0.15, 0.2) is 5.69 Å². The van der Waals surface area contributed by atoms with E-state index in [1.54, 1.807) is 0 Å². The normalized spacial score (nSPS) is 18.5. The molecule has 1 aliphatic rings. The summed E-state index contributed by atoms with van der Waals surface area (Å²) in [6.45, 7) is -0.636. The van der Waals surface area contributed by atoms with Gasteiger partial charge < -0.3 is 11.5 Å². The fourth-order valence-electron chi connectivity index (χ4n) is 2.84. The number of hydrogen-bond acceptors (Lipinski definition) is 5. The monoisotopic (exact) mass is 330 g/mol. The fourth-order valence-corrected chi connectivity index (χ4v) is 2.84. The highest BCUT2D eigenvalue weighted by Gasteiger charge is 2.40. The van der Waals surface area contributed by atoms with Crippen molar-refractivity contribution in [3.05, 3.63) is 11.9 Å². The predicted molar refractivity (Wildman–Crippen MR) is 75.1 cm³/mol. The van der Waals surface area contributed by atoms with Crippen LogP contribution in [0, 0.1) is 11.3 Å². The van der Waals surface area contributed by atoms with Crippen molar-refractivity contribution in [1.29, 1.82) is 5.26 Å². The fraction of sp³-hybridized carbons (Fsp3) is 0.615. The maximum atomic E-state index is 12.5. The van der Waals surface area contributed by atoms with E-state index in [0.29, 0.717) is 12.8 Å². The minimum Gasteiger partial charge on any atom is -0.396 e. The number of carbonyl (C=O) groups is 1. The lowest BCUT2D eigenvalue weighted by atomic mass is 9.85. The number of nitrogen functional groups attached to an aromatic ring is 1. The Kier molecular flexibility index (Phi) is 4.51. The molecule has 0 unspecified atom stereocenters. The van der Waals surface area contributed by atoms with Gasteiger partial charge in [0.25, 0.3) is 5.91 Å². The Balaban J connectivity index is 2.21. The molecule has 10 heteroatoms. The van der Waals surface area contributed by atoms with Gasteiger partial charge in [0.05, 0.1) is 30.3 Å². The molecule has 1 fully saturated rings. The van der Waals surface area contributed by atoms with E-state index in [-0.39, 0.29) is 30.9 Å². The minimum absolute atomic E-state index is 0.0617. The first-order chi connectivity index (χ1) is 10.7. The molecule has 0 saturated carbocycles. The third-order valence-corrected chi connectivity index (χ3v) is 4.06. The van der Waals surface area contributed by atoms with Crippen LogP contribution in [-0.2, 0) is 5.54 Å². The molecule has 1 aromatic heterocycles. The average Bonchev–Trinajstić information content (AvgIpc) is 2.83. The number of anilines is 1. The van der Waals surface area contributed by atoms with E-state index in [0.717, 1.165) is 0 Å². The largest absolute Gasteiger partial charge is 0.401 e. The summed E-state index contributed by atoms with van der Waals surface area (Å²) in [5.41, 5.74) is 10.1. The van der Waals surface area contributed by atoms with Gasteiger partial charge in [0.2, 0.25) is 0 Å². The van der Waals surface area contributed by atoms with E-state index >= 15 is 0 Å². The Morgan fingerprint density at radius 3 is 2.48 bits per heavy atom. The smallest absolute Gasteiger partial charge is 0.396 e. The molecule has 0 atom stereocenters. The van der Waals surface area contributed by atoms with E-state index in [4.69, 9.17) is 16.7 Å². The number of nitrogens with zero attached hydrogens (tertiary/aromatic N) is 4. The summed E-state index contributed by atoms with van der Waals surface area (Å²) in [4.78, 5) is 12.5. The first-order valence-corrected chi connectivity index (χ1v) is 6.98. The van der Waals surface area contributed by atoms with Crippen LogP contribution in [0.15, 0.2) is 6.20 Å². The minimum atomic E-state index is -4.26. The van der Waals surface area contributed by atoms with Crippen LogP contribution < -0.4 is 11.5 Å². The molecule has 1 amide bonds. The number of likely N-dealkylation sites (tertiary alicyclic amines) is 1. The molecule has 0 bridgehead atoms. The lowest BCUT2D eigenvalue weighted by Gasteiger charge is -2.40. The van der Waals surface area contributed by atoms with Crippen molar-refractivity contribution in [2.24, 2.45) is 5.73 Å². The molecule has 7 nitrogen and oxygen atoms in total. The second-order valence-electron chi connectivity index (χ2n) is 5.69. The average molecular weight is 330 g/mol. The van der Waals surface area contributed by atoms with Crippen LogP contribution in [0.4, 0.5) is 18.9 Å². The molecule has 1 saturated heterocycles. The van der Waals surface area contributed by atoms with Crippen LogP contribution in [0.3, 0.4) is 0 Å². The highest BCUT2D eigenvalue weighted by atomic mass is 19.4. The zero-order valence-electron chi connectivity index (χ0n) is 12.3. The van der Waals surface area contributed by atoms with Crippen molar-refractivity contribution in [1.82, 2.24) is 14.7 Å². The van der Waals surface area contributed by atoms with Gasteiger partial charge in [-0.1, -0.05) is 0 Å². The van der Waals surface area contributed by atoms with Gasteiger partial charge in [-0.25, -0.2) is 0 Å². The number of amides is 1. The number of halogens is 3. The van der Waals surface area contributed by atoms with Gasteiger partial charge in [-0.3, -0.25) is 14.4 Å². The standard InChI is InChI=1S/C13H17F3N6O/c14-13(15,16)8-21-5-2-12(1-4-17,3-6-21)22-7-9(18)10(20-22)11(19)23/h7H,1-3,5-6,8,18H2,(H2,19,23). The van der Waals surface area contributed by atoms with Crippen LogP contribution in [0.5, 0.6) is 0 Å². The molecule has 0 aliphatic carbocycles. The molecule has 1 aliphatic heterocycles. The number of alkyl halides is 3. The Labute approximate surface area is 130 Å². The quantitative estimate of drug-likeness (QED) is 0.849. The Morgan fingerprint density at radius 1 is 1.43 bits per heavy atom. The predicted octanol–water partition coefficient (Wildman–Crippen LogP) is 0.831. The van der Waals surface area contributed by atoms with E-state index in [1.165, 1.54) is 15.8 Å². The van der Waals surface area contributed by atoms with Gasteiger partial charge in [0, 0.05) is 19.3 Å². The molecule has 4 N–H and O–H groups in total. The summed E-state index contributed by atoms with van der Waals surface area (Å²) >= 11 is 0.